The number of carbonyl (C=O) groups is 3. The summed E-state index contributed by atoms with van der Waals surface area (Å²) in [6.07, 6.45) is 96.3. The van der Waals surface area contributed by atoms with Gasteiger partial charge in [0.05, 0.1) is 0 Å². The maximum atomic E-state index is 12.9. The SMILES string of the molecule is CC/C=C\C/C=C\C/C=C\C/C=C\C/C=C\C/C=C\CCCCCCCCCCCCCCCCCCC(=O)OCC(COC(=O)CCCCCCC/C=C\CCCCCC)OC(=O)CCCC/C=C\C/C=C\C/C=C\C/C=C\CC. The standard InChI is InChI=1S/C75H124O6/c1-4-7-10-13-16-19-22-25-27-28-29-30-31-32-33-34-35-36-37-38-39-40-41-42-43-44-45-46-48-50-53-56-59-62-65-68-74(77)80-71-72(70-79-73(76)67-64-61-58-55-52-49-24-21-18-15-12-9-6-3)81-75(78)69-66-63-60-57-54-51-47-26-23-20-17-14-11-8-5-2/h7-8,10-11,16-17,19-21,24-27,29-30,32-33,35-36,47,54,57,72H,4-6,9,12-15,18,22-23,28,31,34,37-46,48-53,55-56,58-71H2,1-3H3/b10-7-,11-8-,19-16-,20-17-,24-21-,27-25-,30-29-,33-32-,36-35-,47-26-,57-54-. The molecule has 0 spiro atoms. The van der Waals surface area contributed by atoms with Crippen molar-refractivity contribution in [3.05, 3.63) is 134 Å². The Morgan fingerprint density at radius 3 is 0.790 bits per heavy atom. The second-order valence-electron chi connectivity index (χ2n) is 22.0. The number of allylic oxidation sites excluding steroid dienone is 22. The van der Waals surface area contributed by atoms with E-state index in [0.717, 1.165) is 128 Å². The van der Waals surface area contributed by atoms with Gasteiger partial charge in [0.25, 0.3) is 0 Å². The predicted molar refractivity (Wildman–Crippen MR) is 353 cm³/mol. The van der Waals surface area contributed by atoms with Crippen molar-refractivity contribution in [2.45, 2.75) is 309 Å². The zero-order valence-corrected chi connectivity index (χ0v) is 52.8. The van der Waals surface area contributed by atoms with E-state index in [2.05, 4.69) is 154 Å². The Hall–Kier alpha value is -4.45. The molecule has 0 aliphatic carbocycles. The van der Waals surface area contributed by atoms with Crippen LogP contribution in [0.4, 0.5) is 0 Å². The van der Waals surface area contributed by atoms with Crippen LogP contribution in [0.15, 0.2) is 134 Å². The number of unbranched alkanes of at least 4 members (excludes halogenated alkanes) is 27. The quantitative estimate of drug-likeness (QED) is 0.0261. The van der Waals surface area contributed by atoms with Crippen molar-refractivity contribution in [3.8, 4) is 0 Å². The van der Waals surface area contributed by atoms with Gasteiger partial charge in [-0.1, -0.05) is 283 Å². The molecule has 1 atom stereocenters. The summed E-state index contributed by atoms with van der Waals surface area (Å²) in [7, 11) is 0. The topological polar surface area (TPSA) is 78.9 Å². The van der Waals surface area contributed by atoms with Gasteiger partial charge in [0.1, 0.15) is 13.2 Å². The minimum absolute atomic E-state index is 0.0979. The fourth-order valence-electron chi connectivity index (χ4n) is 9.14. The third-order valence-corrected chi connectivity index (χ3v) is 14.1. The number of carbonyl (C=O) groups excluding carboxylic acids is 3. The summed E-state index contributed by atoms with van der Waals surface area (Å²) >= 11 is 0. The van der Waals surface area contributed by atoms with Crippen LogP contribution < -0.4 is 0 Å². The summed E-state index contributed by atoms with van der Waals surface area (Å²) < 4.78 is 16.9. The third kappa shape index (κ3) is 66.2. The van der Waals surface area contributed by atoms with Crippen LogP contribution in [0.1, 0.15) is 303 Å². The van der Waals surface area contributed by atoms with E-state index in [-0.39, 0.29) is 37.5 Å². The van der Waals surface area contributed by atoms with Crippen molar-refractivity contribution in [3.63, 3.8) is 0 Å². The Morgan fingerprint density at radius 1 is 0.259 bits per heavy atom. The fourth-order valence-corrected chi connectivity index (χ4v) is 9.14. The average molecular weight is 1120 g/mol. The highest BCUT2D eigenvalue weighted by Crippen LogP contribution is 2.16. The van der Waals surface area contributed by atoms with Crippen LogP contribution in [0.5, 0.6) is 0 Å². The van der Waals surface area contributed by atoms with Crippen molar-refractivity contribution in [2.24, 2.45) is 0 Å². The minimum Gasteiger partial charge on any atom is -0.462 e. The molecule has 0 heterocycles. The first-order valence-corrected chi connectivity index (χ1v) is 33.7. The number of esters is 3. The molecule has 0 bridgehead atoms. The van der Waals surface area contributed by atoms with E-state index in [1.807, 2.05) is 0 Å². The Balaban J connectivity index is 4.18. The molecule has 460 valence electrons. The first kappa shape index (κ1) is 76.5. The number of hydrogen-bond acceptors (Lipinski definition) is 6. The zero-order valence-electron chi connectivity index (χ0n) is 52.8. The van der Waals surface area contributed by atoms with Crippen LogP contribution in [0.3, 0.4) is 0 Å². The van der Waals surface area contributed by atoms with Gasteiger partial charge in [0.15, 0.2) is 6.10 Å². The molecule has 1 unspecified atom stereocenters. The molecule has 0 aromatic heterocycles. The smallest absolute Gasteiger partial charge is 0.306 e. The summed E-state index contributed by atoms with van der Waals surface area (Å²) in [5, 5.41) is 0. The van der Waals surface area contributed by atoms with Crippen LogP contribution in [-0.4, -0.2) is 37.2 Å². The van der Waals surface area contributed by atoms with Crippen LogP contribution in [0, 0.1) is 0 Å². The molecule has 0 radical (unpaired) electrons. The molecule has 6 nitrogen and oxygen atoms in total. The molecule has 0 fully saturated rings. The molecule has 0 aliphatic rings. The molecule has 0 rings (SSSR count). The summed E-state index contributed by atoms with van der Waals surface area (Å²) in [4.78, 5) is 38.3. The van der Waals surface area contributed by atoms with E-state index in [1.165, 1.54) is 128 Å². The second-order valence-corrected chi connectivity index (χ2v) is 22.0. The van der Waals surface area contributed by atoms with Gasteiger partial charge in [-0.25, -0.2) is 0 Å². The lowest BCUT2D eigenvalue weighted by Gasteiger charge is -2.18. The van der Waals surface area contributed by atoms with E-state index < -0.39 is 6.10 Å². The molecular formula is C75H124O6. The number of hydrogen-bond donors (Lipinski definition) is 0. The molecule has 0 amide bonds. The molecule has 0 saturated carbocycles. The molecule has 6 heteroatoms. The predicted octanol–water partition coefficient (Wildman–Crippen LogP) is 23.3. The second kappa shape index (κ2) is 68.1. The number of rotatable bonds is 60. The van der Waals surface area contributed by atoms with Gasteiger partial charge >= 0.3 is 17.9 Å². The number of ether oxygens (including phenoxy) is 3. The maximum Gasteiger partial charge on any atom is 0.306 e. The first-order valence-electron chi connectivity index (χ1n) is 33.7. The molecule has 0 saturated heterocycles. The molecule has 0 N–H and O–H groups in total. The van der Waals surface area contributed by atoms with Crippen molar-refractivity contribution in [1.82, 2.24) is 0 Å². The van der Waals surface area contributed by atoms with Crippen molar-refractivity contribution >= 4 is 17.9 Å². The van der Waals surface area contributed by atoms with E-state index in [4.69, 9.17) is 14.2 Å². The summed E-state index contributed by atoms with van der Waals surface area (Å²) in [5.41, 5.74) is 0. The lowest BCUT2D eigenvalue weighted by Crippen LogP contribution is -2.30. The van der Waals surface area contributed by atoms with Gasteiger partial charge in [-0.05, 0) is 135 Å². The average Bonchev–Trinajstić information content (AvgIpc) is 3.46. The van der Waals surface area contributed by atoms with Crippen LogP contribution in [0.25, 0.3) is 0 Å². The monoisotopic (exact) mass is 1120 g/mol. The third-order valence-electron chi connectivity index (χ3n) is 14.1. The first-order chi connectivity index (χ1) is 40.0. The maximum absolute atomic E-state index is 12.9. The van der Waals surface area contributed by atoms with Crippen molar-refractivity contribution in [1.29, 1.82) is 0 Å². The molecule has 0 aliphatic heterocycles. The highest BCUT2D eigenvalue weighted by Gasteiger charge is 2.19. The molecule has 81 heavy (non-hydrogen) atoms. The van der Waals surface area contributed by atoms with Gasteiger partial charge in [0, 0.05) is 19.3 Å². The Bertz CT molecular complexity index is 1720. The van der Waals surface area contributed by atoms with Crippen LogP contribution in [-0.2, 0) is 28.6 Å². The van der Waals surface area contributed by atoms with E-state index in [1.54, 1.807) is 0 Å². The van der Waals surface area contributed by atoms with E-state index in [0.29, 0.717) is 19.3 Å². The lowest BCUT2D eigenvalue weighted by molar-refractivity contribution is -0.167. The van der Waals surface area contributed by atoms with Gasteiger partial charge in [-0.2, -0.15) is 0 Å². The minimum atomic E-state index is -0.806. The Kier molecular flexibility index (Phi) is 64.3. The molecular weight excluding hydrogens is 997 g/mol. The normalized spacial score (nSPS) is 13.0. The molecule has 0 aromatic carbocycles. The van der Waals surface area contributed by atoms with Gasteiger partial charge < -0.3 is 14.2 Å². The van der Waals surface area contributed by atoms with Crippen molar-refractivity contribution < 1.29 is 28.6 Å². The van der Waals surface area contributed by atoms with Gasteiger partial charge in [-0.15, -0.1) is 0 Å². The highest BCUT2D eigenvalue weighted by atomic mass is 16.6. The van der Waals surface area contributed by atoms with Gasteiger partial charge in [-0.3, -0.25) is 14.4 Å². The van der Waals surface area contributed by atoms with Crippen LogP contribution in [0.2, 0.25) is 0 Å². The van der Waals surface area contributed by atoms with E-state index in [9.17, 15) is 14.4 Å². The Morgan fingerprint density at radius 2 is 0.481 bits per heavy atom. The van der Waals surface area contributed by atoms with E-state index >= 15 is 0 Å². The lowest BCUT2D eigenvalue weighted by atomic mass is 10.0. The molecule has 0 aromatic rings. The highest BCUT2D eigenvalue weighted by molar-refractivity contribution is 5.71. The summed E-state index contributed by atoms with van der Waals surface area (Å²) in [6, 6.07) is 0. The Labute approximate surface area is 500 Å². The summed E-state index contributed by atoms with van der Waals surface area (Å²) in [5.74, 6) is -0.944. The zero-order chi connectivity index (χ0) is 58.5. The summed E-state index contributed by atoms with van der Waals surface area (Å²) in [6.45, 7) is 6.37. The van der Waals surface area contributed by atoms with Gasteiger partial charge in [0.2, 0.25) is 0 Å². The van der Waals surface area contributed by atoms with Crippen molar-refractivity contribution in [2.75, 3.05) is 13.2 Å². The van der Waals surface area contributed by atoms with Crippen LogP contribution >= 0.6 is 0 Å². The largest absolute Gasteiger partial charge is 0.462 e. The fraction of sp³-hybridized carbons (Fsp3) is 0.667.